The fourth-order valence-corrected chi connectivity index (χ4v) is 1.79. The summed E-state index contributed by atoms with van der Waals surface area (Å²) >= 11 is 16.5. The third-order valence-electron chi connectivity index (χ3n) is 1.91. The minimum atomic E-state index is -0.0881. The monoisotopic (exact) mass is 288 g/mol. The Morgan fingerprint density at radius 3 is 2.88 bits per heavy atom. The predicted octanol–water partition coefficient (Wildman–Crippen LogP) is 2.84. The van der Waals surface area contributed by atoms with E-state index in [1.165, 1.54) is 29.4 Å². The lowest BCUT2D eigenvalue weighted by molar-refractivity contribution is 0.474. The maximum atomic E-state index is 9.68. The topological polar surface area (TPSA) is 66.2 Å². The summed E-state index contributed by atoms with van der Waals surface area (Å²) in [5.74, 6) is -0.0881. The zero-order valence-corrected chi connectivity index (χ0v) is 10.6. The number of aromatic hydroxyl groups is 1. The first kappa shape index (κ1) is 12.1. The van der Waals surface area contributed by atoms with Crippen molar-refractivity contribution in [2.24, 2.45) is 5.10 Å². The van der Waals surface area contributed by atoms with Gasteiger partial charge in [-0.2, -0.15) is 14.9 Å². The molecule has 17 heavy (non-hydrogen) atoms. The molecule has 0 aliphatic heterocycles. The highest BCUT2D eigenvalue weighted by atomic mass is 35.5. The van der Waals surface area contributed by atoms with E-state index in [2.05, 4.69) is 15.3 Å². The molecule has 0 saturated carbocycles. The molecule has 5 nitrogen and oxygen atoms in total. The molecule has 0 fully saturated rings. The van der Waals surface area contributed by atoms with E-state index in [1.54, 1.807) is 0 Å². The van der Waals surface area contributed by atoms with Crippen LogP contribution in [0.15, 0.2) is 23.6 Å². The number of rotatable bonds is 2. The van der Waals surface area contributed by atoms with E-state index in [0.29, 0.717) is 15.4 Å². The highest BCUT2D eigenvalue weighted by Crippen LogP contribution is 2.29. The smallest absolute Gasteiger partial charge is 0.216 e. The molecule has 8 heteroatoms. The summed E-state index contributed by atoms with van der Waals surface area (Å²) in [6.07, 6.45) is 2.79. The molecule has 0 unspecified atom stereocenters. The average molecular weight is 289 g/mol. The van der Waals surface area contributed by atoms with Gasteiger partial charge in [0.2, 0.25) is 4.77 Å². The summed E-state index contributed by atoms with van der Waals surface area (Å²) < 4.78 is 1.68. The van der Waals surface area contributed by atoms with Crippen LogP contribution in [0.3, 0.4) is 0 Å². The van der Waals surface area contributed by atoms with Gasteiger partial charge < -0.3 is 5.11 Å². The Bertz CT molecular complexity index is 634. The van der Waals surface area contributed by atoms with Crippen LogP contribution >= 0.6 is 35.4 Å². The van der Waals surface area contributed by atoms with Gasteiger partial charge in [0, 0.05) is 10.6 Å². The lowest BCUT2D eigenvalue weighted by Gasteiger charge is -2.01. The van der Waals surface area contributed by atoms with Crippen LogP contribution in [0.5, 0.6) is 5.75 Å². The highest BCUT2D eigenvalue weighted by Gasteiger charge is 2.05. The largest absolute Gasteiger partial charge is 0.506 e. The Balaban J connectivity index is 2.40. The molecular weight excluding hydrogens is 283 g/mol. The Kier molecular flexibility index (Phi) is 3.46. The number of H-pyrrole nitrogens is 1. The van der Waals surface area contributed by atoms with Crippen molar-refractivity contribution in [1.82, 2.24) is 14.9 Å². The van der Waals surface area contributed by atoms with Gasteiger partial charge in [-0.25, -0.2) is 0 Å². The number of halogens is 2. The minimum absolute atomic E-state index is 0.0881. The number of hydrogen-bond donors (Lipinski definition) is 2. The molecule has 0 aliphatic carbocycles. The molecule has 0 saturated heterocycles. The number of phenolic OH excluding ortho intramolecular Hbond substituents is 1. The second-order valence-electron chi connectivity index (χ2n) is 3.08. The van der Waals surface area contributed by atoms with Crippen molar-refractivity contribution in [3.8, 4) is 5.75 Å². The average Bonchev–Trinajstić information content (AvgIpc) is 2.67. The van der Waals surface area contributed by atoms with Crippen molar-refractivity contribution in [1.29, 1.82) is 0 Å². The predicted molar refractivity (Wildman–Crippen MR) is 68.5 cm³/mol. The third-order valence-corrected chi connectivity index (χ3v) is 2.70. The molecule has 1 aromatic heterocycles. The first-order chi connectivity index (χ1) is 8.08. The standard InChI is InChI=1S/C9H6Cl2N4OS/c10-6-1-5(8(16)7(11)2-6)3-13-15-4-12-14-9(15)17/h1-4,16H,(H,14,17)/b13-3+. The summed E-state index contributed by atoms with van der Waals surface area (Å²) in [7, 11) is 0. The Hall–Kier alpha value is -1.37. The normalized spacial score (nSPS) is 11.2. The number of nitrogens with one attached hydrogen (secondary N) is 1. The molecule has 0 spiro atoms. The molecule has 2 rings (SSSR count). The van der Waals surface area contributed by atoms with Crippen molar-refractivity contribution < 1.29 is 5.11 Å². The SMILES string of the molecule is Oc1c(Cl)cc(Cl)cc1/C=N/n1cn[nH]c1=S. The number of nitrogens with zero attached hydrogens (tertiary/aromatic N) is 3. The zero-order valence-electron chi connectivity index (χ0n) is 8.26. The number of aromatic nitrogens is 3. The van der Waals surface area contributed by atoms with E-state index in [9.17, 15) is 5.11 Å². The van der Waals surface area contributed by atoms with Crippen molar-refractivity contribution in [3.63, 3.8) is 0 Å². The lowest BCUT2D eigenvalue weighted by atomic mass is 10.2. The zero-order chi connectivity index (χ0) is 12.4. The van der Waals surface area contributed by atoms with Crippen LogP contribution in [0.1, 0.15) is 5.56 Å². The number of phenols is 1. The maximum absolute atomic E-state index is 9.68. The molecule has 2 aromatic rings. The van der Waals surface area contributed by atoms with Gasteiger partial charge >= 0.3 is 0 Å². The Labute approximate surface area is 111 Å². The quantitative estimate of drug-likeness (QED) is 0.660. The lowest BCUT2D eigenvalue weighted by Crippen LogP contribution is -1.90. The van der Waals surface area contributed by atoms with Gasteiger partial charge in [0.15, 0.2) is 0 Å². The minimum Gasteiger partial charge on any atom is -0.506 e. The highest BCUT2D eigenvalue weighted by molar-refractivity contribution is 7.71. The van der Waals surface area contributed by atoms with Crippen LogP contribution < -0.4 is 0 Å². The summed E-state index contributed by atoms with van der Waals surface area (Å²) in [4.78, 5) is 0. The first-order valence-electron chi connectivity index (χ1n) is 4.42. The van der Waals surface area contributed by atoms with Gasteiger partial charge in [-0.1, -0.05) is 23.2 Å². The van der Waals surface area contributed by atoms with Gasteiger partial charge in [0.25, 0.3) is 0 Å². The maximum Gasteiger partial charge on any atom is 0.216 e. The molecule has 1 aromatic carbocycles. The van der Waals surface area contributed by atoms with Gasteiger partial charge in [0.05, 0.1) is 11.2 Å². The van der Waals surface area contributed by atoms with Crippen LogP contribution in [-0.4, -0.2) is 26.2 Å². The fourth-order valence-electron chi connectivity index (χ4n) is 1.13. The molecule has 0 aliphatic rings. The molecular formula is C9H6Cl2N4OS. The molecule has 1 heterocycles. The molecule has 0 amide bonds. The van der Waals surface area contributed by atoms with Gasteiger partial charge in [0.1, 0.15) is 12.1 Å². The molecule has 2 N–H and O–H groups in total. The van der Waals surface area contributed by atoms with Crippen LogP contribution in [-0.2, 0) is 0 Å². The Morgan fingerprint density at radius 1 is 1.47 bits per heavy atom. The van der Waals surface area contributed by atoms with Crippen LogP contribution in [0.2, 0.25) is 10.0 Å². The third kappa shape index (κ3) is 2.66. The van der Waals surface area contributed by atoms with Crippen LogP contribution in [0.4, 0.5) is 0 Å². The van der Waals surface area contributed by atoms with Crippen LogP contribution in [0, 0.1) is 4.77 Å². The van der Waals surface area contributed by atoms with Gasteiger partial charge in [-0.3, -0.25) is 5.10 Å². The van der Waals surface area contributed by atoms with Crippen molar-refractivity contribution in [2.75, 3.05) is 0 Å². The van der Waals surface area contributed by atoms with Crippen molar-refractivity contribution in [2.45, 2.75) is 0 Å². The second-order valence-corrected chi connectivity index (χ2v) is 4.31. The van der Waals surface area contributed by atoms with Crippen molar-refractivity contribution in [3.05, 3.63) is 38.8 Å². The molecule has 0 bridgehead atoms. The second kappa shape index (κ2) is 4.87. The fraction of sp³-hybridized carbons (Fsp3) is 0. The van der Waals surface area contributed by atoms with Gasteiger partial charge in [-0.15, -0.1) is 0 Å². The van der Waals surface area contributed by atoms with E-state index in [4.69, 9.17) is 35.4 Å². The van der Waals surface area contributed by atoms with E-state index < -0.39 is 0 Å². The number of aromatic amines is 1. The molecule has 88 valence electrons. The van der Waals surface area contributed by atoms with E-state index >= 15 is 0 Å². The first-order valence-corrected chi connectivity index (χ1v) is 5.59. The van der Waals surface area contributed by atoms with E-state index in [1.807, 2.05) is 0 Å². The summed E-state index contributed by atoms with van der Waals surface area (Å²) in [5.41, 5.74) is 0.394. The summed E-state index contributed by atoms with van der Waals surface area (Å²) in [6, 6.07) is 2.98. The summed E-state index contributed by atoms with van der Waals surface area (Å²) in [5, 5.41) is 20.5. The molecule has 0 radical (unpaired) electrons. The van der Waals surface area contributed by atoms with Gasteiger partial charge in [-0.05, 0) is 24.4 Å². The van der Waals surface area contributed by atoms with Crippen molar-refractivity contribution >= 4 is 41.6 Å². The number of benzene rings is 1. The van der Waals surface area contributed by atoms with E-state index in [0.717, 1.165) is 0 Å². The van der Waals surface area contributed by atoms with E-state index in [-0.39, 0.29) is 10.8 Å². The number of hydrogen-bond acceptors (Lipinski definition) is 4. The molecule has 0 atom stereocenters. The van der Waals surface area contributed by atoms with Crippen LogP contribution in [0.25, 0.3) is 0 Å². The summed E-state index contributed by atoms with van der Waals surface area (Å²) in [6.45, 7) is 0. The Morgan fingerprint density at radius 2 is 2.24 bits per heavy atom.